The Kier molecular flexibility index (Phi) is 3.25. The molecule has 0 radical (unpaired) electrons. The van der Waals surface area contributed by atoms with Gasteiger partial charge < -0.3 is 10.6 Å². The zero-order valence-corrected chi connectivity index (χ0v) is 11.7. The van der Waals surface area contributed by atoms with Crippen molar-refractivity contribution in [2.75, 3.05) is 30.8 Å². The number of nitro groups is 1. The van der Waals surface area contributed by atoms with Crippen molar-refractivity contribution in [2.45, 2.75) is 31.3 Å². The number of likely N-dealkylation sites (N-methyl/N-ethyl adjacent to an activating group) is 1. The fraction of sp³-hybridized carbons (Fsp3) is 0.571. The summed E-state index contributed by atoms with van der Waals surface area (Å²) in [5, 5.41) is 11.3. The lowest BCUT2D eigenvalue weighted by Gasteiger charge is -2.27. The fourth-order valence-electron chi connectivity index (χ4n) is 3.53. The molecular weight excluding hydrogens is 256 g/mol. The van der Waals surface area contributed by atoms with Crippen LogP contribution < -0.4 is 10.6 Å². The van der Waals surface area contributed by atoms with Gasteiger partial charge in [-0.25, -0.2) is 0 Å². The molecule has 20 heavy (non-hydrogen) atoms. The maximum atomic E-state index is 11.3. The minimum absolute atomic E-state index is 0.0490. The predicted molar refractivity (Wildman–Crippen MR) is 78.9 cm³/mol. The molecule has 2 heterocycles. The Bertz CT molecular complexity index is 534. The highest BCUT2D eigenvalue weighted by atomic mass is 16.6. The van der Waals surface area contributed by atoms with E-state index in [9.17, 15) is 10.1 Å². The van der Waals surface area contributed by atoms with E-state index in [0.717, 1.165) is 19.5 Å². The van der Waals surface area contributed by atoms with Crippen LogP contribution in [0.4, 0.5) is 17.1 Å². The van der Waals surface area contributed by atoms with Crippen molar-refractivity contribution in [3.05, 3.63) is 28.3 Å². The van der Waals surface area contributed by atoms with Crippen LogP contribution in [0.25, 0.3) is 0 Å². The van der Waals surface area contributed by atoms with Gasteiger partial charge in [0.15, 0.2) is 0 Å². The normalized spacial score (nSPS) is 26.6. The molecule has 2 atom stereocenters. The second kappa shape index (κ2) is 4.94. The van der Waals surface area contributed by atoms with Crippen LogP contribution in [-0.2, 0) is 0 Å². The number of benzene rings is 1. The predicted octanol–water partition coefficient (Wildman–Crippen LogP) is 1.85. The van der Waals surface area contributed by atoms with Crippen molar-refractivity contribution in [1.82, 2.24) is 4.90 Å². The molecule has 0 aliphatic carbocycles. The van der Waals surface area contributed by atoms with Crippen molar-refractivity contribution < 1.29 is 4.92 Å². The van der Waals surface area contributed by atoms with Gasteiger partial charge in [0.2, 0.25) is 0 Å². The third kappa shape index (κ3) is 2.10. The summed E-state index contributed by atoms with van der Waals surface area (Å²) < 4.78 is 0. The summed E-state index contributed by atoms with van der Waals surface area (Å²) in [6.07, 6.45) is 3.47. The van der Waals surface area contributed by atoms with Gasteiger partial charge in [-0.15, -0.1) is 0 Å². The molecule has 2 unspecified atom stereocenters. The van der Waals surface area contributed by atoms with E-state index in [1.54, 1.807) is 12.1 Å². The lowest BCUT2D eigenvalue weighted by Crippen LogP contribution is -2.36. The Morgan fingerprint density at radius 2 is 2.05 bits per heavy atom. The number of para-hydroxylation sites is 1. The molecule has 2 aliphatic heterocycles. The molecule has 3 rings (SSSR count). The second-order valence-electron chi connectivity index (χ2n) is 5.76. The van der Waals surface area contributed by atoms with Gasteiger partial charge in [0.05, 0.1) is 4.92 Å². The van der Waals surface area contributed by atoms with E-state index in [0.29, 0.717) is 17.8 Å². The highest BCUT2D eigenvalue weighted by Crippen LogP contribution is 2.37. The van der Waals surface area contributed by atoms with Gasteiger partial charge in [-0.2, -0.15) is 0 Å². The first kappa shape index (κ1) is 13.2. The molecule has 0 amide bonds. The summed E-state index contributed by atoms with van der Waals surface area (Å²) in [7, 11) is 2.17. The fourth-order valence-corrected chi connectivity index (χ4v) is 3.53. The largest absolute Gasteiger partial charge is 0.393 e. The third-order valence-electron chi connectivity index (χ3n) is 4.72. The number of hydrogen-bond acceptors (Lipinski definition) is 5. The van der Waals surface area contributed by atoms with Crippen molar-refractivity contribution in [1.29, 1.82) is 0 Å². The standard InChI is InChI=1S/C14H20N4O2/c1-16-10-5-6-11(16)9-17(8-7-10)13-4-2-3-12(15)14(13)18(19)20/h2-4,10-11H,5-9,15H2,1H3. The summed E-state index contributed by atoms with van der Waals surface area (Å²) in [6.45, 7) is 1.70. The number of nitrogens with zero attached hydrogens (tertiary/aromatic N) is 3. The Hall–Kier alpha value is -1.82. The lowest BCUT2D eigenvalue weighted by atomic mass is 10.1. The van der Waals surface area contributed by atoms with Gasteiger partial charge >= 0.3 is 5.69 Å². The summed E-state index contributed by atoms with van der Waals surface area (Å²) in [4.78, 5) is 15.5. The highest BCUT2D eigenvalue weighted by molar-refractivity contribution is 5.75. The minimum atomic E-state index is -0.364. The van der Waals surface area contributed by atoms with Crippen LogP contribution in [0, 0.1) is 10.1 Å². The van der Waals surface area contributed by atoms with E-state index >= 15 is 0 Å². The number of fused-ring (bicyclic) bond motifs is 2. The van der Waals surface area contributed by atoms with Crippen molar-refractivity contribution in [3.8, 4) is 0 Å². The molecule has 0 saturated carbocycles. The number of nitrogens with two attached hydrogens (primary N) is 1. The van der Waals surface area contributed by atoms with Crippen molar-refractivity contribution in [2.24, 2.45) is 0 Å². The molecule has 2 bridgehead atoms. The Morgan fingerprint density at radius 3 is 2.80 bits per heavy atom. The zero-order chi connectivity index (χ0) is 14.3. The van der Waals surface area contributed by atoms with E-state index in [1.807, 2.05) is 6.07 Å². The molecule has 108 valence electrons. The van der Waals surface area contributed by atoms with Gasteiger partial charge in [0.25, 0.3) is 0 Å². The molecule has 6 heteroatoms. The van der Waals surface area contributed by atoms with Crippen LogP contribution in [-0.4, -0.2) is 42.0 Å². The van der Waals surface area contributed by atoms with Crippen LogP contribution in [0.1, 0.15) is 19.3 Å². The topological polar surface area (TPSA) is 75.6 Å². The molecule has 2 N–H and O–H groups in total. The van der Waals surface area contributed by atoms with Gasteiger partial charge in [0, 0.05) is 25.2 Å². The molecule has 0 aromatic heterocycles. The SMILES string of the molecule is CN1C2CCC1CN(c1cccc(N)c1[N+](=O)[O-])CC2. The van der Waals surface area contributed by atoms with Crippen LogP contribution in [0.15, 0.2) is 18.2 Å². The summed E-state index contributed by atoms with van der Waals surface area (Å²) in [5.41, 5.74) is 6.75. The second-order valence-corrected chi connectivity index (χ2v) is 5.76. The summed E-state index contributed by atoms with van der Waals surface area (Å²) in [6, 6.07) is 6.31. The van der Waals surface area contributed by atoms with E-state index in [-0.39, 0.29) is 16.3 Å². The molecule has 2 fully saturated rings. The smallest absolute Gasteiger partial charge is 0.315 e. The first-order valence-electron chi connectivity index (χ1n) is 7.07. The lowest BCUT2D eigenvalue weighted by molar-refractivity contribution is -0.383. The maximum Gasteiger partial charge on any atom is 0.315 e. The van der Waals surface area contributed by atoms with E-state index in [4.69, 9.17) is 5.73 Å². The van der Waals surface area contributed by atoms with Gasteiger partial charge in [-0.3, -0.25) is 15.0 Å². The molecule has 6 nitrogen and oxygen atoms in total. The summed E-state index contributed by atoms with van der Waals surface area (Å²) in [5.74, 6) is 0. The van der Waals surface area contributed by atoms with Crippen molar-refractivity contribution in [3.63, 3.8) is 0 Å². The maximum absolute atomic E-state index is 11.3. The van der Waals surface area contributed by atoms with E-state index in [2.05, 4.69) is 16.8 Å². The van der Waals surface area contributed by atoms with Crippen LogP contribution in [0.5, 0.6) is 0 Å². The van der Waals surface area contributed by atoms with Gasteiger partial charge in [0.1, 0.15) is 11.4 Å². The van der Waals surface area contributed by atoms with E-state index in [1.165, 1.54) is 12.8 Å². The minimum Gasteiger partial charge on any atom is -0.393 e. The van der Waals surface area contributed by atoms with Crippen LogP contribution in [0.3, 0.4) is 0 Å². The molecule has 0 spiro atoms. The van der Waals surface area contributed by atoms with Gasteiger partial charge in [-0.1, -0.05) is 6.07 Å². The number of anilines is 2. The third-order valence-corrected chi connectivity index (χ3v) is 4.72. The number of nitrogen functional groups attached to an aromatic ring is 1. The molecule has 2 aliphatic rings. The first-order valence-corrected chi connectivity index (χ1v) is 7.07. The molecule has 1 aromatic carbocycles. The Balaban J connectivity index is 1.94. The highest BCUT2D eigenvalue weighted by Gasteiger charge is 2.36. The number of hydrogen-bond donors (Lipinski definition) is 1. The Labute approximate surface area is 118 Å². The average Bonchev–Trinajstić information content (AvgIpc) is 2.62. The molecular formula is C14H20N4O2. The molecule has 1 aromatic rings. The first-order chi connectivity index (χ1) is 9.58. The quantitative estimate of drug-likeness (QED) is 0.507. The van der Waals surface area contributed by atoms with Gasteiger partial charge in [-0.05, 0) is 38.4 Å². The van der Waals surface area contributed by atoms with Crippen molar-refractivity contribution >= 4 is 17.1 Å². The number of nitro benzene ring substituents is 1. The van der Waals surface area contributed by atoms with Crippen LogP contribution in [0.2, 0.25) is 0 Å². The van der Waals surface area contributed by atoms with E-state index < -0.39 is 0 Å². The monoisotopic (exact) mass is 276 g/mol. The van der Waals surface area contributed by atoms with Crippen LogP contribution >= 0.6 is 0 Å². The summed E-state index contributed by atoms with van der Waals surface area (Å²) >= 11 is 0. The molecule has 2 saturated heterocycles. The average molecular weight is 276 g/mol. The zero-order valence-electron chi connectivity index (χ0n) is 11.7. The number of rotatable bonds is 2. The Morgan fingerprint density at radius 1 is 1.30 bits per heavy atom.